The van der Waals surface area contributed by atoms with Crippen LogP contribution in [0.5, 0.6) is 0 Å². The summed E-state index contributed by atoms with van der Waals surface area (Å²) < 4.78 is 0. The van der Waals surface area contributed by atoms with Gasteiger partial charge in [0.1, 0.15) is 5.78 Å². The van der Waals surface area contributed by atoms with Gasteiger partial charge >= 0.3 is 0 Å². The van der Waals surface area contributed by atoms with Gasteiger partial charge in [0.2, 0.25) is 0 Å². The maximum atomic E-state index is 12.9. The number of hydrogen-bond acceptors (Lipinski definition) is 1. The summed E-state index contributed by atoms with van der Waals surface area (Å²) in [6.45, 7) is 0. The SMILES string of the molecule is O=C(CC1=CC(c2ccccc2)=CC1)C1(c2ccccc2)CC1. The summed E-state index contributed by atoms with van der Waals surface area (Å²) in [5.41, 5.74) is 4.73. The highest BCUT2D eigenvalue weighted by molar-refractivity contribution is 5.95. The summed E-state index contributed by atoms with van der Waals surface area (Å²) in [4.78, 5) is 12.9. The average molecular weight is 300 g/mol. The summed E-state index contributed by atoms with van der Waals surface area (Å²) in [6, 6.07) is 20.7. The van der Waals surface area contributed by atoms with E-state index in [1.807, 2.05) is 24.3 Å². The normalized spacial score (nSPS) is 18.3. The Morgan fingerprint density at radius 2 is 1.57 bits per heavy atom. The maximum absolute atomic E-state index is 12.9. The van der Waals surface area contributed by atoms with E-state index in [-0.39, 0.29) is 5.41 Å². The molecule has 0 bridgehead atoms. The van der Waals surface area contributed by atoms with Crippen LogP contribution in [0.3, 0.4) is 0 Å². The predicted molar refractivity (Wildman–Crippen MR) is 94.1 cm³/mol. The monoisotopic (exact) mass is 300 g/mol. The fourth-order valence-corrected chi connectivity index (χ4v) is 3.52. The lowest BCUT2D eigenvalue weighted by molar-refractivity contribution is -0.120. The molecule has 2 aliphatic carbocycles. The van der Waals surface area contributed by atoms with E-state index in [9.17, 15) is 4.79 Å². The van der Waals surface area contributed by atoms with Gasteiger partial charge in [0.05, 0.1) is 5.41 Å². The van der Waals surface area contributed by atoms with E-state index in [0.29, 0.717) is 12.2 Å². The van der Waals surface area contributed by atoms with Crippen molar-refractivity contribution < 1.29 is 4.79 Å². The largest absolute Gasteiger partial charge is 0.298 e. The lowest BCUT2D eigenvalue weighted by atomic mass is 9.88. The van der Waals surface area contributed by atoms with E-state index in [2.05, 4.69) is 48.6 Å². The van der Waals surface area contributed by atoms with Crippen LogP contribution in [0.2, 0.25) is 0 Å². The molecule has 1 saturated carbocycles. The Morgan fingerprint density at radius 1 is 0.913 bits per heavy atom. The van der Waals surface area contributed by atoms with Crippen molar-refractivity contribution in [3.63, 3.8) is 0 Å². The molecular weight excluding hydrogens is 280 g/mol. The van der Waals surface area contributed by atoms with Gasteiger partial charge in [0.25, 0.3) is 0 Å². The quantitative estimate of drug-likeness (QED) is 0.751. The van der Waals surface area contributed by atoms with E-state index in [1.54, 1.807) is 0 Å². The Morgan fingerprint density at radius 3 is 2.22 bits per heavy atom. The smallest absolute Gasteiger partial charge is 0.147 e. The molecule has 0 N–H and O–H groups in total. The topological polar surface area (TPSA) is 17.1 Å². The zero-order valence-corrected chi connectivity index (χ0v) is 13.2. The molecule has 0 saturated heterocycles. The first-order valence-corrected chi connectivity index (χ1v) is 8.32. The van der Waals surface area contributed by atoms with Gasteiger partial charge in [0, 0.05) is 6.42 Å². The summed E-state index contributed by atoms with van der Waals surface area (Å²) in [5.74, 6) is 0.387. The molecule has 0 aliphatic heterocycles. The molecule has 0 aromatic heterocycles. The van der Waals surface area contributed by atoms with Crippen molar-refractivity contribution in [1.29, 1.82) is 0 Å². The van der Waals surface area contributed by atoms with Crippen LogP contribution in [0.15, 0.2) is 78.4 Å². The van der Waals surface area contributed by atoms with Gasteiger partial charge in [-0.25, -0.2) is 0 Å². The molecule has 0 unspecified atom stereocenters. The van der Waals surface area contributed by atoms with Crippen molar-refractivity contribution in [3.8, 4) is 0 Å². The summed E-state index contributed by atoms with van der Waals surface area (Å²) in [5, 5.41) is 0. The van der Waals surface area contributed by atoms with Crippen LogP contribution >= 0.6 is 0 Å². The Hall–Kier alpha value is -2.41. The molecule has 1 fully saturated rings. The highest BCUT2D eigenvalue weighted by atomic mass is 16.1. The standard InChI is InChI=1S/C22H20O/c23-21(22(13-14-22)20-9-5-2-6-10-20)16-17-11-12-19(15-17)18-7-3-1-4-8-18/h1-10,12,15H,11,13-14,16H2. The van der Waals surface area contributed by atoms with Crippen LogP contribution < -0.4 is 0 Å². The van der Waals surface area contributed by atoms with Crippen molar-refractivity contribution in [2.24, 2.45) is 0 Å². The Bertz CT molecular complexity index is 777. The number of Topliss-reactive ketones (excluding diaryl/α,β-unsaturated/α-hetero) is 1. The molecular formula is C22H20O. The lowest BCUT2D eigenvalue weighted by Crippen LogP contribution is -2.20. The lowest BCUT2D eigenvalue weighted by Gasteiger charge is -2.14. The molecule has 0 heterocycles. The van der Waals surface area contributed by atoms with Crippen LogP contribution in [0.4, 0.5) is 0 Å². The van der Waals surface area contributed by atoms with Crippen molar-refractivity contribution in [2.75, 3.05) is 0 Å². The van der Waals surface area contributed by atoms with Crippen molar-refractivity contribution in [3.05, 3.63) is 89.5 Å². The molecule has 2 aromatic carbocycles. The first-order valence-electron chi connectivity index (χ1n) is 8.32. The highest BCUT2D eigenvalue weighted by Gasteiger charge is 2.50. The highest BCUT2D eigenvalue weighted by Crippen LogP contribution is 2.50. The molecule has 0 radical (unpaired) electrons. The molecule has 1 nitrogen and oxygen atoms in total. The summed E-state index contributed by atoms with van der Waals surface area (Å²) >= 11 is 0. The van der Waals surface area contributed by atoms with E-state index in [1.165, 1.54) is 22.3 Å². The van der Waals surface area contributed by atoms with Crippen LogP contribution in [-0.2, 0) is 10.2 Å². The fourth-order valence-electron chi connectivity index (χ4n) is 3.52. The third-order valence-corrected chi connectivity index (χ3v) is 5.05. The third-order valence-electron chi connectivity index (χ3n) is 5.05. The Labute approximate surface area is 137 Å². The van der Waals surface area contributed by atoms with Crippen LogP contribution in [0, 0.1) is 0 Å². The van der Waals surface area contributed by atoms with Crippen LogP contribution in [0.1, 0.15) is 36.8 Å². The summed E-state index contributed by atoms with van der Waals surface area (Å²) in [6.07, 6.45) is 7.93. The molecule has 4 rings (SSSR count). The van der Waals surface area contributed by atoms with Crippen LogP contribution in [0.25, 0.3) is 5.57 Å². The van der Waals surface area contributed by atoms with E-state index >= 15 is 0 Å². The number of allylic oxidation sites excluding steroid dienone is 4. The van der Waals surface area contributed by atoms with Gasteiger partial charge < -0.3 is 0 Å². The molecule has 23 heavy (non-hydrogen) atoms. The number of benzene rings is 2. The van der Waals surface area contributed by atoms with E-state index < -0.39 is 0 Å². The zero-order chi connectivity index (χ0) is 15.7. The zero-order valence-electron chi connectivity index (χ0n) is 13.2. The number of ketones is 1. The minimum Gasteiger partial charge on any atom is -0.298 e. The minimum atomic E-state index is -0.197. The van der Waals surface area contributed by atoms with Gasteiger partial charge in [-0.05, 0) is 36.0 Å². The van der Waals surface area contributed by atoms with Gasteiger partial charge in [-0.2, -0.15) is 0 Å². The van der Waals surface area contributed by atoms with E-state index in [4.69, 9.17) is 0 Å². The number of hydrogen-bond donors (Lipinski definition) is 0. The van der Waals surface area contributed by atoms with Gasteiger partial charge in [0.15, 0.2) is 0 Å². The molecule has 114 valence electrons. The Balaban J connectivity index is 1.49. The molecule has 2 aromatic rings. The average Bonchev–Trinajstić information content (AvgIpc) is 3.30. The minimum absolute atomic E-state index is 0.197. The maximum Gasteiger partial charge on any atom is 0.147 e. The molecule has 0 amide bonds. The molecule has 0 spiro atoms. The van der Waals surface area contributed by atoms with Gasteiger partial charge in [-0.15, -0.1) is 0 Å². The first-order chi connectivity index (χ1) is 11.3. The second-order valence-electron chi connectivity index (χ2n) is 6.58. The fraction of sp³-hybridized carbons (Fsp3) is 0.227. The number of carbonyl (C=O) groups is 1. The second-order valence-corrected chi connectivity index (χ2v) is 6.58. The third kappa shape index (κ3) is 2.68. The van der Waals surface area contributed by atoms with Gasteiger partial charge in [-0.1, -0.05) is 78.4 Å². The first kappa shape index (κ1) is 14.2. The van der Waals surface area contributed by atoms with Crippen LogP contribution in [-0.4, -0.2) is 5.78 Å². The molecule has 0 atom stereocenters. The van der Waals surface area contributed by atoms with Crippen molar-refractivity contribution >= 4 is 11.4 Å². The van der Waals surface area contributed by atoms with Gasteiger partial charge in [-0.3, -0.25) is 4.79 Å². The van der Waals surface area contributed by atoms with Crippen molar-refractivity contribution in [2.45, 2.75) is 31.1 Å². The number of rotatable bonds is 5. The summed E-state index contributed by atoms with van der Waals surface area (Å²) in [7, 11) is 0. The van der Waals surface area contributed by atoms with E-state index in [0.717, 1.165) is 19.3 Å². The van der Waals surface area contributed by atoms with Crippen molar-refractivity contribution in [1.82, 2.24) is 0 Å². The Kier molecular flexibility index (Phi) is 3.49. The molecule has 1 heteroatoms. The second kappa shape index (κ2) is 5.66. The predicted octanol–water partition coefficient (Wildman–Crippen LogP) is 5.09. The molecule has 2 aliphatic rings. The number of carbonyl (C=O) groups excluding carboxylic acids is 1.